The van der Waals surface area contributed by atoms with E-state index in [0.717, 1.165) is 38.4 Å². The van der Waals surface area contributed by atoms with Gasteiger partial charge in [0.1, 0.15) is 6.29 Å². The third-order valence-corrected chi connectivity index (χ3v) is 3.84. The van der Waals surface area contributed by atoms with Crippen LogP contribution in [0.3, 0.4) is 0 Å². The van der Waals surface area contributed by atoms with Crippen LogP contribution in [0.2, 0.25) is 0 Å². The van der Waals surface area contributed by atoms with Crippen LogP contribution in [0.1, 0.15) is 71.1 Å². The quantitative estimate of drug-likeness (QED) is 0.115. The number of allylic oxidation sites excluding steroid dienone is 7. The second-order valence-corrected chi connectivity index (χ2v) is 6.08. The van der Waals surface area contributed by atoms with Gasteiger partial charge in [0.2, 0.25) is 11.4 Å². The van der Waals surface area contributed by atoms with Crippen LogP contribution in [0.5, 0.6) is 0 Å². The number of unbranched alkanes of at least 4 members (excludes halogenated alkanes) is 4. The van der Waals surface area contributed by atoms with Gasteiger partial charge in [-0.2, -0.15) is 0 Å². The maximum Gasteiger partial charge on any atom is 0.246 e. The number of hydrogen-bond donors (Lipinski definition) is 0. The van der Waals surface area contributed by atoms with E-state index in [2.05, 4.69) is 0 Å². The summed E-state index contributed by atoms with van der Waals surface area (Å²) in [5.41, 5.74) is 0.308. The Morgan fingerprint density at radius 3 is 2.04 bits per heavy atom. The Labute approximate surface area is 160 Å². The molecule has 0 aromatic heterocycles. The highest BCUT2D eigenvalue weighted by Gasteiger charge is 2.09. The topological polar surface area (TPSA) is 103 Å². The first-order chi connectivity index (χ1) is 13.0. The monoisotopic (exact) mass is 378 g/mol. The molecule has 27 heavy (non-hydrogen) atoms. The van der Waals surface area contributed by atoms with Crippen molar-refractivity contribution in [2.75, 3.05) is 0 Å². The van der Waals surface area contributed by atoms with Gasteiger partial charge in [-0.05, 0) is 44.3 Å². The highest BCUT2D eigenvalue weighted by Crippen LogP contribution is 2.11. The molecule has 0 aromatic carbocycles. The van der Waals surface area contributed by atoms with Crippen LogP contribution in [0.4, 0.5) is 0 Å². The SMILES string of the molecule is CCCCC/C(=C\C/C=C\C/C(=C\C/C=C\CCCC=O)[N+](=O)[O-])[N+](=O)[O-]. The van der Waals surface area contributed by atoms with E-state index in [9.17, 15) is 25.0 Å². The lowest BCUT2D eigenvalue weighted by Crippen LogP contribution is -1.98. The van der Waals surface area contributed by atoms with Crippen molar-refractivity contribution in [3.05, 3.63) is 68.1 Å². The normalized spacial score (nSPS) is 12.8. The summed E-state index contributed by atoms with van der Waals surface area (Å²) in [7, 11) is 0. The summed E-state index contributed by atoms with van der Waals surface area (Å²) in [6.07, 6.45) is 17.5. The van der Waals surface area contributed by atoms with Gasteiger partial charge >= 0.3 is 0 Å². The number of nitrogens with zero attached hydrogens (tertiary/aromatic N) is 2. The van der Waals surface area contributed by atoms with Crippen molar-refractivity contribution in [1.82, 2.24) is 0 Å². The molecule has 0 fully saturated rings. The Balaban J connectivity index is 4.43. The van der Waals surface area contributed by atoms with Gasteiger partial charge in [0.05, 0.1) is 16.3 Å². The molecule has 0 saturated heterocycles. The zero-order chi connectivity index (χ0) is 20.3. The van der Waals surface area contributed by atoms with Crippen molar-refractivity contribution in [2.45, 2.75) is 71.1 Å². The van der Waals surface area contributed by atoms with Crippen molar-refractivity contribution >= 4 is 6.29 Å². The predicted octanol–water partition coefficient (Wildman–Crippen LogP) is 5.54. The van der Waals surface area contributed by atoms with Gasteiger partial charge in [0.25, 0.3) is 0 Å². The first-order valence-electron chi connectivity index (χ1n) is 9.43. The molecule has 0 heterocycles. The van der Waals surface area contributed by atoms with Crippen LogP contribution >= 0.6 is 0 Å². The zero-order valence-electron chi connectivity index (χ0n) is 16.0. The largest absolute Gasteiger partial charge is 0.303 e. The Morgan fingerprint density at radius 2 is 1.44 bits per heavy atom. The minimum Gasteiger partial charge on any atom is -0.303 e. The lowest BCUT2D eigenvalue weighted by molar-refractivity contribution is -0.428. The van der Waals surface area contributed by atoms with Gasteiger partial charge in [-0.3, -0.25) is 20.2 Å². The van der Waals surface area contributed by atoms with E-state index in [1.54, 1.807) is 24.3 Å². The Morgan fingerprint density at radius 1 is 0.815 bits per heavy atom. The van der Waals surface area contributed by atoms with Crippen LogP contribution in [0, 0.1) is 20.2 Å². The van der Waals surface area contributed by atoms with Gasteiger partial charge in [0.15, 0.2) is 0 Å². The number of aldehydes is 1. The van der Waals surface area contributed by atoms with Crippen LogP contribution in [-0.4, -0.2) is 16.1 Å². The van der Waals surface area contributed by atoms with E-state index in [1.807, 2.05) is 19.1 Å². The molecule has 0 aliphatic rings. The standard InChI is InChI=1S/C20H30N2O5/c1-2-3-9-14-19(21(24)25)16-11-8-12-17-20(22(26)27)15-10-6-4-5-7-13-18-23/h4,6,8,12,15-16,18H,2-3,5,7,9-11,13-14,17H2,1H3/b6-4-,12-8-,19-16+,20-15+. The van der Waals surface area contributed by atoms with E-state index < -0.39 is 4.92 Å². The summed E-state index contributed by atoms with van der Waals surface area (Å²) in [4.78, 5) is 31.4. The number of hydrogen-bond acceptors (Lipinski definition) is 5. The molecule has 0 N–H and O–H groups in total. The molecule has 0 aliphatic heterocycles. The molecule has 0 bridgehead atoms. The second-order valence-electron chi connectivity index (χ2n) is 6.08. The molecular formula is C20H30N2O5. The minimum absolute atomic E-state index is 0.102. The van der Waals surface area contributed by atoms with Crippen molar-refractivity contribution in [3.63, 3.8) is 0 Å². The van der Waals surface area contributed by atoms with Crippen LogP contribution < -0.4 is 0 Å². The van der Waals surface area contributed by atoms with Crippen LogP contribution in [0.25, 0.3) is 0 Å². The van der Waals surface area contributed by atoms with E-state index >= 15 is 0 Å². The third-order valence-electron chi connectivity index (χ3n) is 3.84. The maximum atomic E-state index is 11.1. The summed E-state index contributed by atoms with van der Waals surface area (Å²) in [5, 5.41) is 22.0. The van der Waals surface area contributed by atoms with Gasteiger partial charge < -0.3 is 4.79 Å². The van der Waals surface area contributed by atoms with Gasteiger partial charge in [0, 0.05) is 12.8 Å². The van der Waals surface area contributed by atoms with Crippen molar-refractivity contribution in [1.29, 1.82) is 0 Å². The Kier molecular flexibility index (Phi) is 15.3. The lowest BCUT2D eigenvalue weighted by Gasteiger charge is -1.97. The molecule has 0 spiro atoms. The molecular weight excluding hydrogens is 348 g/mol. The van der Waals surface area contributed by atoms with Gasteiger partial charge in [-0.1, -0.05) is 44.1 Å². The molecule has 7 nitrogen and oxygen atoms in total. The fraction of sp³-hybridized carbons (Fsp3) is 0.550. The summed E-state index contributed by atoms with van der Waals surface area (Å²) in [5.74, 6) is 0. The smallest absolute Gasteiger partial charge is 0.246 e. The molecule has 0 amide bonds. The fourth-order valence-electron chi connectivity index (χ4n) is 2.30. The maximum absolute atomic E-state index is 11.1. The number of nitro groups is 2. The molecule has 0 saturated carbocycles. The first kappa shape index (κ1) is 24.4. The van der Waals surface area contributed by atoms with E-state index in [-0.39, 0.29) is 22.7 Å². The minimum atomic E-state index is -0.409. The molecule has 0 radical (unpaired) electrons. The molecule has 150 valence electrons. The number of carbonyl (C=O) groups excluding carboxylic acids is 1. The predicted molar refractivity (Wildman–Crippen MR) is 106 cm³/mol. The number of carbonyl (C=O) groups is 1. The van der Waals surface area contributed by atoms with Gasteiger partial charge in [-0.15, -0.1) is 0 Å². The average Bonchev–Trinajstić information content (AvgIpc) is 2.63. The summed E-state index contributed by atoms with van der Waals surface area (Å²) < 4.78 is 0. The van der Waals surface area contributed by atoms with E-state index in [0.29, 0.717) is 25.7 Å². The number of rotatable bonds is 16. The molecule has 0 rings (SSSR count). The third kappa shape index (κ3) is 14.3. The second kappa shape index (κ2) is 16.9. The van der Waals surface area contributed by atoms with Crippen molar-refractivity contribution in [3.8, 4) is 0 Å². The fourth-order valence-corrected chi connectivity index (χ4v) is 2.30. The molecule has 0 aromatic rings. The zero-order valence-corrected chi connectivity index (χ0v) is 16.0. The summed E-state index contributed by atoms with van der Waals surface area (Å²) >= 11 is 0. The highest BCUT2D eigenvalue weighted by molar-refractivity contribution is 5.49. The Bertz CT molecular complexity index is 577. The molecule has 0 atom stereocenters. The van der Waals surface area contributed by atoms with Crippen molar-refractivity contribution in [2.24, 2.45) is 0 Å². The highest BCUT2D eigenvalue weighted by atomic mass is 16.6. The van der Waals surface area contributed by atoms with Crippen LogP contribution in [0.15, 0.2) is 47.9 Å². The lowest BCUT2D eigenvalue weighted by atomic mass is 10.1. The van der Waals surface area contributed by atoms with Crippen molar-refractivity contribution < 1.29 is 14.6 Å². The molecule has 0 aliphatic carbocycles. The molecule has 0 unspecified atom stereocenters. The van der Waals surface area contributed by atoms with E-state index in [1.165, 1.54) is 0 Å². The molecule has 7 heteroatoms. The van der Waals surface area contributed by atoms with E-state index in [4.69, 9.17) is 0 Å². The average molecular weight is 378 g/mol. The first-order valence-corrected chi connectivity index (χ1v) is 9.43. The van der Waals surface area contributed by atoms with Crippen LogP contribution in [-0.2, 0) is 4.79 Å². The Hall–Kier alpha value is -2.57. The van der Waals surface area contributed by atoms with Gasteiger partial charge in [-0.25, -0.2) is 0 Å². The summed E-state index contributed by atoms with van der Waals surface area (Å²) in [6.45, 7) is 2.04. The summed E-state index contributed by atoms with van der Waals surface area (Å²) in [6, 6.07) is 0.